The summed E-state index contributed by atoms with van der Waals surface area (Å²) in [5.41, 5.74) is -0.0917. The molecule has 0 bridgehead atoms. The highest BCUT2D eigenvalue weighted by Crippen LogP contribution is 2.25. The summed E-state index contributed by atoms with van der Waals surface area (Å²) in [6, 6.07) is 3.11. The molecule has 1 saturated carbocycles. The van der Waals surface area contributed by atoms with Crippen LogP contribution in [0.3, 0.4) is 0 Å². The molecular weight excluding hydrogens is 224 g/mol. The molecule has 1 fully saturated rings. The number of halogens is 2. The first kappa shape index (κ1) is 12.0. The molecule has 2 unspecified atom stereocenters. The van der Waals surface area contributed by atoms with Gasteiger partial charge < -0.3 is 5.32 Å². The van der Waals surface area contributed by atoms with Gasteiger partial charge in [0.25, 0.3) is 5.91 Å². The van der Waals surface area contributed by atoms with Gasteiger partial charge in [0, 0.05) is 12.1 Å². The summed E-state index contributed by atoms with van der Waals surface area (Å²) in [5, 5.41) is 2.78. The smallest absolute Gasteiger partial charge is 0.254 e. The summed E-state index contributed by atoms with van der Waals surface area (Å²) in [7, 11) is 0. The maximum atomic E-state index is 13.4. The average Bonchev–Trinajstić information content (AvgIpc) is 2.63. The number of hydrogen-bond donors (Lipinski definition) is 1. The fourth-order valence-corrected chi connectivity index (χ4v) is 2.27. The summed E-state index contributed by atoms with van der Waals surface area (Å²) in [6.07, 6.45) is 2.93. The first-order chi connectivity index (χ1) is 8.06. The fourth-order valence-electron chi connectivity index (χ4n) is 2.27. The maximum absolute atomic E-state index is 13.4. The van der Waals surface area contributed by atoms with Crippen LogP contribution in [0.4, 0.5) is 8.78 Å². The van der Waals surface area contributed by atoms with Crippen molar-refractivity contribution < 1.29 is 13.6 Å². The van der Waals surface area contributed by atoms with Crippen LogP contribution in [0, 0.1) is 17.6 Å². The van der Waals surface area contributed by atoms with Gasteiger partial charge in [0.05, 0.1) is 5.56 Å². The molecular formula is C13H15F2NO. The molecule has 2 atom stereocenters. The van der Waals surface area contributed by atoms with Crippen molar-refractivity contribution in [1.82, 2.24) is 5.32 Å². The molecule has 1 amide bonds. The van der Waals surface area contributed by atoms with Crippen molar-refractivity contribution in [2.24, 2.45) is 5.92 Å². The first-order valence-electron chi connectivity index (χ1n) is 5.82. The highest BCUT2D eigenvalue weighted by Gasteiger charge is 2.24. The Bertz CT molecular complexity index is 433. The van der Waals surface area contributed by atoms with Gasteiger partial charge in [-0.1, -0.05) is 6.92 Å². The van der Waals surface area contributed by atoms with Crippen molar-refractivity contribution in [1.29, 1.82) is 0 Å². The van der Waals surface area contributed by atoms with Gasteiger partial charge in [-0.3, -0.25) is 4.79 Å². The van der Waals surface area contributed by atoms with E-state index in [0.717, 1.165) is 31.4 Å². The lowest BCUT2D eigenvalue weighted by Gasteiger charge is -2.12. The monoisotopic (exact) mass is 239 g/mol. The van der Waals surface area contributed by atoms with Crippen LogP contribution in [-0.4, -0.2) is 11.9 Å². The molecule has 4 heteroatoms. The standard InChI is InChI=1S/C13H15F2NO/c1-8-2-4-10(6-8)16-13(17)11-5-3-9(14)7-12(11)15/h3,5,7-8,10H,2,4,6H2,1H3,(H,16,17). The van der Waals surface area contributed by atoms with Crippen LogP contribution < -0.4 is 5.32 Å². The van der Waals surface area contributed by atoms with E-state index in [9.17, 15) is 13.6 Å². The third-order valence-electron chi connectivity index (χ3n) is 3.21. The van der Waals surface area contributed by atoms with Gasteiger partial charge in [-0.15, -0.1) is 0 Å². The number of carbonyl (C=O) groups is 1. The van der Waals surface area contributed by atoms with Crippen molar-refractivity contribution in [3.63, 3.8) is 0 Å². The molecule has 1 aliphatic carbocycles. The van der Waals surface area contributed by atoms with E-state index >= 15 is 0 Å². The summed E-state index contributed by atoms with van der Waals surface area (Å²) in [5.74, 6) is -1.35. The molecule has 0 aromatic heterocycles. The Hall–Kier alpha value is -1.45. The predicted molar refractivity (Wildman–Crippen MR) is 60.6 cm³/mol. The van der Waals surface area contributed by atoms with E-state index in [1.165, 1.54) is 6.07 Å². The second kappa shape index (κ2) is 4.82. The van der Waals surface area contributed by atoms with E-state index in [2.05, 4.69) is 12.2 Å². The zero-order valence-electron chi connectivity index (χ0n) is 9.67. The minimum Gasteiger partial charge on any atom is -0.349 e. The Morgan fingerprint density at radius 2 is 2.12 bits per heavy atom. The Morgan fingerprint density at radius 3 is 2.71 bits per heavy atom. The molecule has 1 aliphatic rings. The van der Waals surface area contributed by atoms with Crippen LogP contribution in [0.15, 0.2) is 18.2 Å². The molecule has 2 rings (SSSR count). The van der Waals surface area contributed by atoms with Crippen molar-refractivity contribution in [3.8, 4) is 0 Å². The molecule has 0 spiro atoms. The third-order valence-corrected chi connectivity index (χ3v) is 3.21. The van der Waals surface area contributed by atoms with Crippen molar-refractivity contribution in [2.75, 3.05) is 0 Å². The van der Waals surface area contributed by atoms with Gasteiger partial charge in [-0.2, -0.15) is 0 Å². The summed E-state index contributed by atoms with van der Waals surface area (Å²) >= 11 is 0. The number of carbonyl (C=O) groups excluding carboxylic acids is 1. The lowest BCUT2D eigenvalue weighted by Crippen LogP contribution is -2.33. The van der Waals surface area contributed by atoms with E-state index in [0.29, 0.717) is 5.92 Å². The van der Waals surface area contributed by atoms with Crippen molar-refractivity contribution in [2.45, 2.75) is 32.2 Å². The van der Waals surface area contributed by atoms with Crippen LogP contribution in [0.2, 0.25) is 0 Å². The average molecular weight is 239 g/mol. The van der Waals surface area contributed by atoms with Gasteiger partial charge >= 0.3 is 0 Å². The fraction of sp³-hybridized carbons (Fsp3) is 0.462. The Balaban J connectivity index is 2.04. The van der Waals surface area contributed by atoms with Crippen LogP contribution in [-0.2, 0) is 0 Å². The molecule has 2 nitrogen and oxygen atoms in total. The van der Waals surface area contributed by atoms with Gasteiger partial charge in [0.2, 0.25) is 0 Å². The lowest BCUT2D eigenvalue weighted by atomic mass is 10.1. The predicted octanol–water partition coefficient (Wildman–Crippen LogP) is 2.88. The van der Waals surface area contributed by atoms with Crippen LogP contribution in [0.5, 0.6) is 0 Å². The van der Waals surface area contributed by atoms with Crippen LogP contribution in [0.1, 0.15) is 36.5 Å². The molecule has 17 heavy (non-hydrogen) atoms. The van der Waals surface area contributed by atoms with Gasteiger partial charge in [-0.25, -0.2) is 8.78 Å². The lowest BCUT2D eigenvalue weighted by molar-refractivity contribution is 0.0933. The normalized spacial score (nSPS) is 23.7. The zero-order valence-corrected chi connectivity index (χ0v) is 9.67. The van der Waals surface area contributed by atoms with Crippen molar-refractivity contribution >= 4 is 5.91 Å². The molecule has 0 saturated heterocycles. The third kappa shape index (κ3) is 2.81. The molecule has 92 valence electrons. The second-order valence-electron chi connectivity index (χ2n) is 4.71. The quantitative estimate of drug-likeness (QED) is 0.844. The van der Waals surface area contributed by atoms with Gasteiger partial charge in [0.1, 0.15) is 11.6 Å². The highest BCUT2D eigenvalue weighted by molar-refractivity contribution is 5.94. The Labute approximate surface area is 99.0 Å². The van der Waals surface area contributed by atoms with E-state index in [1.54, 1.807) is 0 Å². The van der Waals surface area contributed by atoms with E-state index in [-0.39, 0.29) is 11.6 Å². The maximum Gasteiger partial charge on any atom is 0.254 e. The summed E-state index contributed by atoms with van der Waals surface area (Å²) < 4.78 is 26.0. The number of rotatable bonds is 2. The first-order valence-corrected chi connectivity index (χ1v) is 5.82. The van der Waals surface area contributed by atoms with Gasteiger partial charge in [-0.05, 0) is 37.3 Å². The second-order valence-corrected chi connectivity index (χ2v) is 4.71. The topological polar surface area (TPSA) is 29.1 Å². The Kier molecular flexibility index (Phi) is 3.41. The minimum atomic E-state index is -0.812. The molecule has 1 N–H and O–H groups in total. The number of nitrogens with one attached hydrogen (secondary N) is 1. The van der Waals surface area contributed by atoms with E-state index in [1.807, 2.05) is 0 Å². The van der Waals surface area contributed by atoms with Crippen LogP contribution in [0.25, 0.3) is 0 Å². The zero-order chi connectivity index (χ0) is 12.4. The number of amides is 1. The van der Waals surface area contributed by atoms with E-state index < -0.39 is 17.5 Å². The largest absolute Gasteiger partial charge is 0.349 e. The number of hydrogen-bond acceptors (Lipinski definition) is 1. The highest BCUT2D eigenvalue weighted by atomic mass is 19.1. The summed E-state index contributed by atoms with van der Waals surface area (Å²) in [4.78, 5) is 11.8. The van der Waals surface area contributed by atoms with Crippen LogP contribution >= 0.6 is 0 Å². The SMILES string of the molecule is CC1CCC(NC(=O)c2ccc(F)cc2F)C1. The summed E-state index contributed by atoms with van der Waals surface area (Å²) in [6.45, 7) is 2.13. The van der Waals surface area contributed by atoms with Gasteiger partial charge in [0.15, 0.2) is 0 Å². The Morgan fingerprint density at radius 1 is 1.35 bits per heavy atom. The molecule has 0 aliphatic heterocycles. The molecule has 0 heterocycles. The number of benzene rings is 1. The molecule has 1 aromatic carbocycles. The minimum absolute atomic E-state index is 0.0917. The van der Waals surface area contributed by atoms with Crippen molar-refractivity contribution in [3.05, 3.63) is 35.4 Å². The van der Waals surface area contributed by atoms with E-state index in [4.69, 9.17) is 0 Å². The molecule has 0 radical (unpaired) electrons. The molecule has 1 aromatic rings.